The number of nitrogens with one attached hydrogen (secondary N) is 1. The molecule has 1 N–H and O–H groups in total. The molecule has 0 aliphatic rings. The number of ether oxygens (including phenoxy) is 2. The highest BCUT2D eigenvalue weighted by Gasteiger charge is 2.03. The van der Waals surface area contributed by atoms with Crippen molar-refractivity contribution in [3.8, 4) is 11.5 Å². The first-order chi connectivity index (χ1) is 9.74. The Morgan fingerprint density at radius 1 is 1.05 bits per heavy atom. The zero-order valence-electron chi connectivity index (χ0n) is 11.0. The standard InChI is InChI=1S/C16H14ClNO2/c1-19-14-3-2-4-15(9-14)20-10-13-7-11-5-6-12(17)8-16(11)18-13/h2-9,18H,10H2,1H3. The Labute approximate surface area is 122 Å². The van der Waals surface area contributed by atoms with Crippen molar-refractivity contribution in [3.63, 3.8) is 0 Å². The lowest BCUT2D eigenvalue weighted by Crippen LogP contribution is -1.95. The van der Waals surface area contributed by atoms with Gasteiger partial charge in [0.25, 0.3) is 0 Å². The van der Waals surface area contributed by atoms with Crippen molar-refractivity contribution >= 4 is 22.5 Å². The number of hydrogen-bond donors (Lipinski definition) is 1. The normalized spacial score (nSPS) is 10.7. The molecule has 3 aromatic rings. The van der Waals surface area contributed by atoms with E-state index in [-0.39, 0.29) is 0 Å². The summed E-state index contributed by atoms with van der Waals surface area (Å²) in [7, 11) is 1.64. The topological polar surface area (TPSA) is 34.2 Å². The number of halogens is 1. The minimum Gasteiger partial charge on any atom is -0.497 e. The van der Waals surface area contributed by atoms with Gasteiger partial charge in [0.15, 0.2) is 0 Å². The Bertz CT molecular complexity index is 736. The van der Waals surface area contributed by atoms with E-state index < -0.39 is 0 Å². The highest BCUT2D eigenvalue weighted by molar-refractivity contribution is 6.31. The molecule has 102 valence electrons. The van der Waals surface area contributed by atoms with E-state index in [4.69, 9.17) is 21.1 Å². The summed E-state index contributed by atoms with van der Waals surface area (Å²) in [5.74, 6) is 1.56. The van der Waals surface area contributed by atoms with Crippen molar-refractivity contribution in [2.24, 2.45) is 0 Å². The predicted octanol–water partition coefficient (Wildman–Crippen LogP) is 4.41. The molecule has 0 spiro atoms. The van der Waals surface area contributed by atoms with Crippen molar-refractivity contribution in [2.45, 2.75) is 6.61 Å². The number of methoxy groups -OCH3 is 1. The molecular formula is C16H14ClNO2. The van der Waals surface area contributed by atoms with Crippen LogP contribution >= 0.6 is 11.6 Å². The molecule has 0 bridgehead atoms. The minimum atomic E-state index is 0.472. The molecule has 1 heterocycles. The van der Waals surface area contributed by atoms with Gasteiger partial charge in [-0.2, -0.15) is 0 Å². The van der Waals surface area contributed by atoms with E-state index >= 15 is 0 Å². The van der Waals surface area contributed by atoms with E-state index in [1.54, 1.807) is 7.11 Å². The van der Waals surface area contributed by atoms with Crippen molar-refractivity contribution in [1.82, 2.24) is 4.98 Å². The summed E-state index contributed by atoms with van der Waals surface area (Å²) in [6, 6.07) is 15.4. The largest absolute Gasteiger partial charge is 0.497 e. The van der Waals surface area contributed by atoms with Crippen LogP contribution in [-0.2, 0) is 6.61 Å². The lowest BCUT2D eigenvalue weighted by Gasteiger charge is -2.06. The van der Waals surface area contributed by atoms with Crippen LogP contribution in [0.2, 0.25) is 5.02 Å². The zero-order chi connectivity index (χ0) is 13.9. The van der Waals surface area contributed by atoms with Crippen LogP contribution in [0.15, 0.2) is 48.5 Å². The van der Waals surface area contributed by atoms with E-state index in [1.165, 1.54) is 0 Å². The molecule has 0 atom stereocenters. The monoisotopic (exact) mass is 287 g/mol. The average molecular weight is 288 g/mol. The first kappa shape index (κ1) is 12.9. The molecule has 0 saturated carbocycles. The first-order valence-corrected chi connectivity index (χ1v) is 6.66. The van der Waals surface area contributed by atoms with Gasteiger partial charge in [-0.05, 0) is 35.7 Å². The van der Waals surface area contributed by atoms with Crippen LogP contribution in [0.4, 0.5) is 0 Å². The van der Waals surface area contributed by atoms with Gasteiger partial charge in [0.2, 0.25) is 0 Å². The Hall–Kier alpha value is -2.13. The van der Waals surface area contributed by atoms with Gasteiger partial charge in [-0.15, -0.1) is 0 Å². The third kappa shape index (κ3) is 2.73. The van der Waals surface area contributed by atoms with Crippen LogP contribution in [0.1, 0.15) is 5.69 Å². The second-order valence-electron chi connectivity index (χ2n) is 4.49. The number of aromatic nitrogens is 1. The molecule has 3 rings (SSSR count). The van der Waals surface area contributed by atoms with Gasteiger partial charge in [0, 0.05) is 16.6 Å². The predicted molar refractivity (Wildman–Crippen MR) is 80.6 cm³/mol. The lowest BCUT2D eigenvalue weighted by molar-refractivity contribution is 0.300. The van der Waals surface area contributed by atoms with Crippen molar-refractivity contribution in [3.05, 3.63) is 59.2 Å². The first-order valence-electron chi connectivity index (χ1n) is 6.28. The number of aromatic amines is 1. The molecule has 0 radical (unpaired) electrons. The molecule has 0 unspecified atom stereocenters. The fraction of sp³-hybridized carbons (Fsp3) is 0.125. The average Bonchev–Trinajstić information content (AvgIpc) is 2.87. The fourth-order valence-electron chi connectivity index (χ4n) is 2.09. The molecule has 3 nitrogen and oxygen atoms in total. The fourth-order valence-corrected chi connectivity index (χ4v) is 2.26. The third-order valence-electron chi connectivity index (χ3n) is 3.08. The van der Waals surface area contributed by atoms with Crippen molar-refractivity contribution in [1.29, 1.82) is 0 Å². The van der Waals surface area contributed by atoms with Crippen LogP contribution in [0.3, 0.4) is 0 Å². The van der Waals surface area contributed by atoms with E-state index in [2.05, 4.69) is 11.1 Å². The van der Waals surface area contributed by atoms with Crippen molar-refractivity contribution < 1.29 is 9.47 Å². The lowest BCUT2D eigenvalue weighted by atomic mass is 10.2. The van der Waals surface area contributed by atoms with Crippen LogP contribution in [-0.4, -0.2) is 12.1 Å². The molecule has 0 aliphatic carbocycles. The maximum atomic E-state index is 5.97. The van der Waals surface area contributed by atoms with Gasteiger partial charge >= 0.3 is 0 Å². The summed E-state index contributed by atoms with van der Waals surface area (Å²) in [6.07, 6.45) is 0. The van der Waals surface area contributed by atoms with Gasteiger partial charge < -0.3 is 14.5 Å². The van der Waals surface area contributed by atoms with Crippen LogP contribution in [0, 0.1) is 0 Å². The van der Waals surface area contributed by atoms with E-state index in [9.17, 15) is 0 Å². The second kappa shape index (κ2) is 5.47. The van der Waals surface area contributed by atoms with E-state index in [1.807, 2.05) is 42.5 Å². The molecule has 2 aromatic carbocycles. The number of benzene rings is 2. The van der Waals surface area contributed by atoms with Gasteiger partial charge in [0.05, 0.1) is 12.8 Å². The second-order valence-corrected chi connectivity index (χ2v) is 4.93. The third-order valence-corrected chi connectivity index (χ3v) is 3.31. The summed E-state index contributed by atoms with van der Waals surface area (Å²) in [6.45, 7) is 0.472. The highest BCUT2D eigenvalue weighted by atomic mass is 35.5. The maximum absolute atomic E-state index is 5.97. The Kier molecular flexibility index (Phi) is 3.52. The number of fused-ring (bicyclic) bond motifs is 1. The zero-order valence-corrected chi connectivity index (χ0v) is 11.8. The SMILES string of the molecule is COc1cccc(OCc2cc3ccc(Cl)cc3[nH]2)c1. The number of hydrogen-bond acceptors (Lipinski definition) is 2. The molecule has 0 fully saturated rings. The molecular weight excluding hydrogens is 274 g/mol. The molecule has 4 heteroatoms. The summed E-state index contributed by atoms with van der Waals surface area (Å²) in [5.41, 5.74) is 2.02. The summed E-state index contributed by atoms with van der Waals surface area (Å²) in [4.78, 5) is 3.29. The summed E-state index contributed by atoms with van der Waals surface area (Å²) in [5, 5.41) is 1.85. The quantitative estimate of drug-likeness (QED) is 0.771. The highest BCUT2D eigenvalue weighted by Crippen LogP contribution is 2.22. The molecule has 0 aliphatic heterocycles. The minimum absolute atomic E-state index is 0.472. The summed E-state index contributed by atoms with van der Waals surface area (Å²) >= 11 is 5.97. The molecule has 0 amide bonds. The van der Waals surface area contributed by atoms with Crippen LogP contribution in [0.5, 0.6) is 11.5 Å². The Morgan fingerprint density at radius 2 is 1.90 bits per heavy atom. The maximum Gasteiger partial charge on any atom is 0.128 e. The van der Waals surface area contributed by atoms with Gasteiger partial charge in [0.1, 0.15) is 18.1 Å². The molecule has 20 heavy (non-hydrogen) atoms. The summed E-state index contributed by atoms with van der Waals surface area (Å²) < 4.78 is 10.9. The van der Waals surface area contributed by atoms with Gasteiger partial charge in [-0.3, -0.25) is 0 Å². The van der Waals surface area contributed by atoms with Gasteiger partial charge in [-0.1, -0.05) is 23.7 Å². The molecule has 1 aromatic heterocycles. The Morgan fingerprint density at radius 3 is 2.75 bits per heavy atom. The molecule has 0 saturated heterocycles. The van der Waals surface area contributed by atoms with Crippen LogP contribution in [0.25, 0.3) is 10.9 Å². The van der Waals surface area contributed by atoms with Crippen molar-refractivity contribution in [2.75, 3.05) is 7.11 Å². The van der Waals surface area contributed by atoms with Gasteiger partial charge in [-0.25, -0.2) is 0 Å². The number of rotatable bonds is 4. The Balaban J connectivity index is 1.76. The van der Waals surface area contributed by atoms with Crippen LogP contribution < -0.4 is 9.47 Å². The van der Waals surface area contributed by atoms with E-state index in [0.717, 1.165) is 33.1 Å². The number of H-pyrrole nitrogens is 1. The van der Waals surface area contributed by atoms with E-state index in [0.29, 0.717) is 6.61 Å². The smallest absolute Gasteiger partial charge is 0.128 e.